The zero-order valence-corrected chi connectivity index (χ0v) is 14.9. The molecule has 1 saturated heterocycles. The van der Waals surface area contributed by atoms with E-state index >= 15 is 0 Å². The van der Waals surface area contributed by atoms with Crippen molar-refractivity contribution >= 4 is 17.5 Å². The Morgan fingerprint density at radius 1 is 1.00 bits per heavy atom. The van der Waals surface area contributed by atoms with E-state index in [1.54, 1.807) is 12.1 Å². The van der Waals surface area contributed by atoms with Crippen molar-refractivity contribution in [2.75, 3.05) is 11.5 Å². The highest BCUT2D eigenvalue weighted by molar-refractivity contribution is 6.23. The number of hydrogen-bond donors (Lipinski definition) is 0. The van der Waals surface area contributed by atoms with Gasteiger partial charge in [-0.25, -0.2) is 4.90 Å². The molecule has 0 aromatic heterocycles. The lowest BCUT2D eigenvalue weighted by Crippen LogP contribution is -2.33. The molecule has 1 aromatic rings. The smallest absolute Gasteiger partial charge is 0.238 e. The summed E-state index contributed by atoms with van der Waals surface area (Å²) in [5.41, 5.74) is 3.16. The average Bonchev–Trinajstić information content (AvgIpc) is 3.24. The number of amides is 2. The molecule has 1 aliphatic heterocycles. The molecule has 2 amide bonds. The lowest BCUT2D eigenvalue weighted by molar-refractivity contribution is -0.122. The van der Waals surface area contributed by atoms with E-state index in [4.69, 9.17) is 4.74 Å². The van der Waals surface area contributed by atoms with Gasteiger partial charge in [0.1, 0.15) is 5.75 Å². The van der Waals surface area contributed by atoms with Crippen LogP contribution < -0.4 is 9.64 Å². The van der Waals surface area contributed by atoms with Crippen molar-refractivity contribution in [2.45, 2.75) is 27.2 Å². The summed E-state index contributed by atoms with van der Waals surface area (Å²) in [6, 6.07) is 7.26. The third-order valence-corrected chi connectivity index (χ3v) is 5.56. The second kappa shape index (κ2) is 5.87. The minimum Gasteiger partial charge on any atom is -0.494 e. The van der Waals surface area contributed by atoms with Crippen LogP contribution in [0.15, 0.2) is 47.6 Å². The Bertz CT molecular complexity index is 752. The van der Waals surface area contributed by atoms with Gasteiger partial charge in [0, 0.05) is 11.8 Å². The summed E-state index contributed by atoms with van der Waals surface area (Å²) in [6.45, 7) is 6.86. The molecule has 4 unspecified atom stereocenters. The number of fused-ring (bicyclic) bond motifs is 5. The number of anilines is 1. The zero-order valence-electron chi connectivity index (χ0n) is 14.9. The highest BCUT2D eigenvalue weighted by Crippen LogP contribution is 2.57. The Morgan fingerprint density at radius 2 is 1.56 bits per heavy atom. The molecule has 0 spiro atoms. The van der Waals surface area contributed by atoms with Crippen LogP contribution in [0.3, 0.4) is 0 Å². The second-order valence-electron chi connectivity index (χ2n) is 7.30. The van der Waals surface area contributed by atoms with Gasteiger partial charge in [-0.1, -0.05) is 30.2 Å². The first-order chi connectivity index (χ1) is 12.0. The van der Waals surface area contributed by atoms with Gasteiger partial charge in [0.05, 0.1) is 24.1 Å². The molecule has 4 heteroatoms. The summed E-state index contributed by atoms with van der Waals surface area (Å²) in [4.78, 5) is 27.4. The molecule has 4 nitrogen and oxygen atoms in total. The van der Waals surface area contributed by atoms with Gasteiger partial charge in [-0.3, -0.25) is 9.59 Å². The lowest BCUT2D eigenvalue weighted by Gasteiger charge is -2.19. The maximum Gasteiger partial charge on any atom is 0.238 e. The largest absolute Gasteiger partial charge is 0.494 e. The summed E-state index contributed by atoms with van der Waals surface area (Å²) in [5.74, 6) is 0.355. The molecule has 2 bridgehead atoms. The van der Waals surface area contributed by atoms with Crippen LogP contribution in [0.1, 0.15) is 27.2 Å². The molecular weight excluding hydrogens is 314 g/mol. The Balaban J connectivity index is 1.62. The van der Waals surface area contributed by atoms with Gasteiger partial charge in [0.2, 0.25) is 11.8 Å². The molecule has 1 heterocycles. The molecule has 0 N–H and O–H groups in total. The first-order valence-corrected chi connectivity index (χ1v) is 9.01. The van der Waals surface area contributed by atoms with Crippen LogP contribution >= 0.6 is 0 Å². The quantitative estimate of drug-likeness (QED) is 0.621. The number of hydrogen-bond acceptors (Lipinski definition) is 3. The predicted octanol–water partition coefficient (Wildman–Crippen LogP) is 3.73. The Labute approximate surface area is 148 Å². The standard InChI is InChI=1S/C21H23NO3/c1-4-11-25-14-7-5-13(6-8-14)22-20(23)18-15-9-10-16(17(15)12(2)3)19(18)21(22)24/h5-10,15-16,18-19H,4,11H2,1-3H3. The van der Waals surface area contributed by atoms with Crippen LogP contribution in [0.25, 0.3) is 0 Å². The molecule has 0 radical (unpaired) electrons. The number of rotatable bonds is 4. The van der Waals surface area contributed by atoms with Crippen LogP contribution in [0, 0.1) is 23.7 Å². The van der Waals surface area contributed by atoms with Crippen molar-refractivity contribution in [3.8, 4) is 5.75 Å². The van der Waals surface area contributed by atoms with E-state index in [1.807, 2.05) is 12.1 Å². The fourth-order valence-corrected chi connectivity index (χ4v) is 4.60. The second-order valence-corrected chi connectivity index (χ2v) is 7.30. The molecule has 3 aliphatic rings. The van der Waals surface area contributed by atoms with E-state index in [1.165, 1.54) is 16.0 Å². The normalized spacial score (nSPS) is 29.6. The summed E-state index contributed by atoms with van der Waals surface area (Å²) < 4.78 is 5.58. The van der Waals surface area contributed by atoms with Crippen LogP contribution in [0.4, 0.5) is 5.69 Å². The highest BCUT2D eigenvalue weighted by Gasteiger charge is 2.61. The number of carbonyl (C=O) groups is 2. The number of ether oxygens (including phenoxy) is 1. The Hall–Kier alpha value is -2.36. The van der Waals surface area contributed by atoms with Crippen molar-refractivity contribution < 1.29 is 14.3 Å². The van der Waals surface area contributed by atoms with Crippen LogP contribution in [0.2, 0.25) is 0 Å². The molecule has 1 aromatic carbocycles. The summed E-state index contributed by atoms with van der Waals surface area (Å²) in [7, 11) is 0. The van der Waals surface area contributed by atoms with Crippen LogP contribution in [-0.4, -0.2) is 18.4 Å². The van der Waals surface area contributed by atoms with Gasteiger partial charge in [-0.05, 0) is 44.5 Å². The Morgan fingerprint density at radius 3 is 2.04 bits per heavy atom. The van der Waals surface area contributed by atoms with E-state index in [-0.39, 0.29) is 35.5 Å². The Kier molecular flexibility index (Phi) is 3.78. The van der Waals surface area contributed by atoms with Crippen molar-refractivity contribution in [1.82, 2.24) is 0 Å². The molecule has 4 rings (SSSR count). The number of allylic oxidation sites excluding steroid dienone is 4. The summed E-state index contributed by atoms with van der Waals surface area (Å²) in [5, 5.41) is 0. The molecule has 2 fully saturated rings. The maximum atomic E-state index is 13.0. The van der Waals surface area contributed by atoms with Gasteiger partial charge >= 0.3 is 0 Å². The maximum absolute atomic E-state index is 13.0. The third kappa shape index (κ3) is 2.27. The van der Waals surface area contributed by atoms with Crippen molar-refractivity contribution in [3.63, 3.8) is 0 Å². The predicted molar refractivity (Wildman–Crippen MR) is 96.2 cm³/mol. The third-order valence-electron chi connectivity index (χ3n) is 5.56. The fraction of sp³-hybridized carbons (Fsp3) is 0.429. The van der Waals surface area contributed by atoms with Crippen LogP contribution in [0.5, 0.6) is 5.75 Å². The van der Waals surface area contributed by atoms with E-state index in [2.05, 4.69) is 32.9 Å². The van der Waals surface area contributed by atoms with Crippen molar-refractivity contribution in [3.05, 3.63) is 47.6 Å². The number of carbonyl (C=O) groups excluding carboxylic acids is 2. The van der Waals surface area contributed by atoms with Gasteiger partial charge in [-0.15, -0.1) is 0 Å². The zero-order chi connectivity index (χ0) is 17.7. The van der Waals surface area contributed by atoms with Gasteiger partial charge < -0.3 is 4.74 Å². The first kappa shape index (κ1) is 16.1. The topological polar surface area (TPSA) is 46.6 Å². The molecule has 25 heavy (non-hydrogen) atoms. The number of benzene rings is 1. The minimum absolute atomic E-state index is 0.0622. The molecule has 2 aliphatic carbocycles. The average molecular weight is 337 g/mol. The van der Waals surface area contributed by atoms with E-state index < -0.39 is 0 Å². The number of imide groups is 1. The van der Waals surface area contributed by atoms with Gasteiger partial charge in [0.25, 0.3) is 0 Å². The van der Waals surface area contributed by atoms with E-state index in [9.17, 15) is 9.59 Å². The molecule has 130 valence electrons. The first-order valence-electron chi connectivity index (χ1n) is 9.01. The number of nitrogens with zero attached hydrogens (tertiary/aromatic N) is 1. The van der Waals surface area contributed by atoms with Crippen molar-refractivity contribution in [2.24, 2.45) is 23.7 Å². The monoisotopic (exact) mass is 337 g/mol. The van der Waals surface area contributed by atoms with Crippen molar-refractivity contribution in [1.29, 1.82) is 0 Å². The van der Waals surface area contributed by atoms with Crippen LogP contribution in [-0.2, 0) is 9.59 Å². The molecule has 1 saturated carbocycles. The molecule has 4 atom stereocenters. The summed E-state index contributed by atoms with van der Waals surface area (Å²) in [6.07, 6.45) is 5.17. The van der Waals surface area contributed by atoms with Gasteiger partial charge in [-0.2, -0.15) is 0 Å². The SMILES string of the molecule is CCCOc1ccc(N2C(=O)C3C4C=CC(C4=C(C)C)C3C2=O)cc1. The van der Waals surface area contributed by atoms with Gasteiger partial charge in [0.15, 0.2) is 0 Å². The minimum atomic E-state index is -0.233. The fourth-order valence-electron chi connectivity index (χ4n) is 4.60. The van der Waals surface area contributed by atoms with E-state index in [0.717, 1.165) is 12.2 Å². The summed E-state index contributed by atoms with van der Waals surface area (Å²) >= 11 is 0. The lowest BCUT2D eigenvalue weighted by atomic mass is 9.85. The molecular formula is C21H23NO3. The highest BCUT2D eigenvalue weighted by atomic mass is 16.5. The van der Waals surface area contributed by atoms with E-state index in [0.29, 0.717) is 12.3 Å².